The highest BCUT2D eigenvalue weighted by molar-refractivity contribution is 8.13. The molecule has 0 unspecified atom stereocenters. The number of nitriles is 1. The molecule has 2 N–H and O–H groups in total. The largest absolute Gasteiger partial charge is 0.398 e. The van der Waals surface area contributed by atoms with Gasteiger partial charge in [0.2, 0.25) is 0 Å². The average Bonchev–Trinajstić information content (AvgIpc) is 2.14. The van der Waals surface area contributed by atoms with Crippen LogP contribution in [0.3, 0.4) is 0 Å². The minimum atomic E-state index is -4.40. The lowest BCUT2D eigenvalue weighted by atomic mass is 10.2. The summed E-state index contributed by atoms with van der Waals surface area (Å²) in [5.74, 6) is 0. The summed E-state index contributed by atoms with van der Waals surface area (Å²) in [7, 11) is 0.550. The lowest BCUT2D eigenvalue weighted by Crippen LogP contribution is -2.06. The van der Waals surface area contributed by atoms with Gasteiger partial charge in [0, 0.05) is 10.7 Å². The van der Waals surface area contributed by atoms with E-state index in [9.17, 15) is 17.2 Å². The number of aromatic nitrogens is 1. The van der Waals surface area contributed by atoms with Gasteiger partial charge in [0.1, 0.15) is 17.3 Å². The minimum absolute atomic E-state index is 0.410. The molecule has 0 aliphatic rings. The van der Waals surface area contributed by atoms with E-state index in [1.807, 2.05) is 0 Å². The molecule has 9 heteroatoms. The Hall–Kier alpha value is -1.46. The van der Waals surface area contributed by atoms with Crippen molar-refractivity contribution in [1.29, 1.82) is 5.26 Å². The standard InChI is InChI=1S/C7H4ClF2N3O2S/c8-16(14,15)7-3(2-11)4(12)1-5(13-7)6(9)10/h1,6H,(H2,12,13). The smallest absolute Gasteiger partial charge is 0.280 e. The number of hydrogen-bond donors (Lipinski definition) is 1. The molecule has 0 amide bonds. The summed E-state index contributed by atoms with van der Waals surface area (Å²) in [5.41, 5.74) is 3.44. The maximum atomic E-state index is 12.3. The van der Waals surface area contributed by atoms with E-state index in [1.54, 1.807) is 0 Å². The molecule has 86 valence electrons. The van der Waals surface area contributed by atoms with Crippen LogP contribution in [0.1, 0.15) is 17.7 Å². The van der Waals surface area contributed by atoms with Crippen LogP contribution in [0.4, 0.5) is 14.5 Å². The van der Waals surface area contributed by atoms with Gasteiger partial charge in [-0.2, -0.15) is 5.26 Å². The number of alkyl halides is 2. The van der Waals surface area contributed by atoms with Crippen LogP contribution in [-0.4, -0.2) is 13.4 Å². The predicted molar refractivity (Wildman–Crippen MR) is 51.4 cm³/mol. The third-order valence-electron chi connectivity index (χ3n) is 1.60. The monoisotopic (exact) mass is 267 g/mol. The van der Waals surface area contributed by atoms with Gasteiger partial charge in [-0.05, 0) is 6.07 Å². The highest BCUT2D eigenvalue weighted by Gasteiger charge is 2.23. The zero-order chi connectivity index (χ0) is 12.5. The minimum Gasteiger partial charge on any atom is -0.398 e. The van der Waals surface area contributed by atoms with Gasteiger partial charge in [-0.15, -0.1) is 0 Å². The van der Waals surface area contributed by atoms with Gasteiger partial charge in [0.05, 0.1) is 5.69 Å². The molecule has 0 saturated heterocycles. The summed E-state index contributed by atoms with van der Waals surface area (Å²) in [6.45, 7) is 0. The number of rotatable bonds is 2. The molecule has 0 spiro atoms. The summed E-state index contributed by atoms with van der Waals surface area (Å²) in [4.78, 5) is 3.10. The van der Waals surface area contributed by atoms with E-state index < -0.39 is 37.4 Å². The van der Waals surface area contributed by atoms with Gasteiger partial charge < -0.3 is 5.73 Å². The number of pyridine rings is 1. The molecule has 0 bridgehead atoms. The Balaban J connectivity index is 3.64. The zero-order valence-electron chi connectivity index (χ0n) is 7.49. The first-order chi connectivity index (χ1) is 7.27. The molecule has 0 saturated carbocycles. The first-order valence-corrected chi connectivity index (χ1v) is 6.01. The number of nitrogens with zero attached hydrogens (tertiary/aromatic N) is 2. The maximum Gasteiger partial charge on any atom is 0.280 e. The highest BCUT2D eigenvalue weighted by atomic mass is 35.7. The Morgan fingerprint density at radius 2 is 2.12 bits per heavy atom. The van der Waals surface area contributed by atoms with Crippen molar-refractivity contribution in [1.82, 2.24) is 4.98 Å². The van der Waals surface area contributed by atoms with Gasteiger partial charge in [-0.1, -0.05) is 0 Å². The number of hydrogen-bond acceptors (Lipinski definition) is 5. The SMILES string of the molecule is N#Cc1c(N)cc(C(F)F)nc1S(=O)(=O)Cl. The Morgan fingerprint density at radius 3 is 2.50 bits per heavy atom. The fourth-order valence-corrected chi connectivity index (χ4v) is 1.92. The van der Waals surface area contributed by atoms with Crippen LogP contribution in [0.2, 0.25) is 0 Å². The van der Waals surface area contributed by atoms with Crippen molar-refractivity contribution in [3.05, 3.63) is 17.3 Å². The van der Waals surface area contributed by atoms with Gasteiger partial charge >= 0.3 is 0 Å². The molecule has 0 fully saturated rings. The van der Waals surface area contributed by atoms with E-state index in [4.69, 9.17) is 21.7 Å². The fraction of sp³-hybridized carbons (Fsp3) is 0.143. The van der Waals surface area contributed by atoms with Crippen molar-refractivity contribution in [3.8, 4) is 6.07 Å². The molecule has 1 aromatic rings. The Bertz CT molecular complexity index is 568. The van der Waals surface area contributed by atoms with Crippen LogP contribution in [0, 0.1) is 11.3 Å². The second-order valence-corrected chi connectivity index (χ2v) is 5.15. The molecule has 1 rings (SSSR count). The Kier molecular flexibility index (Phi) is 3.30. The lowest BCUT2D eigenvalue weighted by Gasteiger charge is -2.06. The summed E-state index contributed by atoms with van der Waals surface area (Å²) < 4.78 is 46.6. The van der Waals surface area contributed by atoms with Crippen LogP contribution in [-0.2, 0) is 9.05 Å². The number of nitrogen functional groups attached to an aromatic ring is 1. The van der Waals surface area contributed by atoms with Crippen molar-refractivity contribution in [2.75, 3.05) is 5.73 Å². The van der Waals surface area contributed by atoms with Gasteiger partial charge in [0.15, 0.2) is 5.03 Å². The van der Waals surface area contributed by atoms with E-state index in [1.165, 1.54) is 6.07 Å². The molecular weight excluding hydrogens is 264 g/mol. The predicted octanol–water partition coefficient (Wildman–Crippen LogP) is 1.40. The third kappa shape index (κ3) is 2.37. The molecule has 16 heavy (non-hydrogen) atoms. The summed E-state index contributed by atoms with van der Waals surface area (Å²) >= 11 is 0. The maximum absolute atomic E-state index is 12.3. The molecule has 0 radical (unpaired) electrons. The van der Waals surface area contributed by atoms with E-state index in [-0.39, 0.29) is 0 Å². The van der Waals surface area contributed by atoms with Crippen LogP contribution in [0.25, 0.3) is 0 Å². The molecule has 0 atom stereocenters. The number of halogens is 3. The summed E-state index contributed by atoms with van der Waals surface area (Å²) in [5, 5.41) is 7.66. The molecule has 0 aliphatic carbocycles. The second kappa shape index (κ2) is 4.19. The molecule has 0 aromatic carbocycles. The van der Waals surface area contributed by atoms with Crippen LogP contribution in [0.5, 0.6) is 0 Å². The fourth-order valence-electron chi connectivity index (χ4n) is 0.961. The average molecular weight is 268 g/mol. The summed E-state index contributed by atoms with van der Waals surface area (Å²) in [6, 6.07) is 2.17. The lowest BCUT2D eigenvalue weighted by molar-refractivity contribution is 0.145. The van der Waals surface area contributed by atoms with Crippen molar-refractivity contribution < 1.29 is 17.2 Å². The highest BCUT2D eigenvalue weighted by Crippen LogP contribution is 2.27. The molecule has 0 aliphatic heterocycles. The Morgan fingerprint density at radius 1 is 1.56 bits per heavy atom. The first kappa shape index (κ1) is 12.6. The molecule has 5 nitrogen and oxygen atoms in total. The van der Waals surface area contributed by atoms with Crippen LogP contribution >= 0.6 is 10.7 Å². The summed E-state index contributed by atoms with van der Waals surface area (Å²) in [6.07, 6.45) is -3.01. The quantitative estimate of drug-likeness (QED) is 0.817. The third-order valence-corrected chi connectivity index (χ3v) is 2.80. The van der Waals surface area contributed by atoms with E-state index >= 15 is 0 Å². The molecule has 1 aromatic heterocycles. The van der Waals surface area contributed by atoms with Crippen molar-refractivity contribution >= 4 is 25.4 Å². The van der Waals surface area contributed by atoms with Gasteiger partial charge in [-0.25, -0.2) is 22.2 Å². The number of nitrogens with two attached hydrogens (primary N) is 1. The van der Waals surface area contributed by atoms with Crippen molar-refractivity contribution in [2.45, 2.75) is 11.5 Å². The second-order valence-electron chi connectivity index (χ2n) is 2.67. The topological polar surface area (TPSA) is 96.8 Å². The zero-order valence-corrected chi connectivity index (χ0v) is 9.06. The molecule has 1 heterocycles. The van der Waals surface area contributed by atoms with Crippen molar-refractivity contribution in [3.63, 3.8) is 0 Å². The van der Waals surface area contributed by atoms with Gasteiger partial charge in [0.25, 0.3) is 15.5 Å². The van der Waals surface area contributed by atoms with E-state index in [2.05, 4.69) is 4.98 Å². The van der Waals surface area contributed by atoms with Crippen LogP contribution in [0.15, 0.2) is 11.1 Å². The molecular formula is C7H4ClF2N3O2S. The van der Waals surface area contributed by atoms with Crippen molar-refractivity contribution in [2.24, 2.45) is 0 Å². The normalized spacial score (nSPS) is 11.4. The first-order valence-electron chi connectivity index (χ1n) is 3.70. The van der Waals surface area contributed by atoms with Gasteiger partial charge in [-0.3, -0.25) is 0 Å². The van der Waals surface area contributed by atoms with E-state index in [0.717, 1.165) is 6.07 Å². The van der Waals surface area contributed by atoms with Crippen LogP contribution < -0.4 is 5.73 Å². The Labute approximate surface area is 93.9 Å². The van der Waals surface area contributed by atoms with E-state index in [0.29, 0.717) is 0 Å². The number of anilines is 1.